The van der Waals surface area contributed by atoms with E-state index in [0.717, 1.165) is 5.56 Å². The largest absolute Gasteiger partial charge is 0.480 e. The summed E-state index contributed by atoms with van der Waals surface area (Å²) >= 11 is 0. The zero-order valence-electron chi connectivity index (χ0n) is 11.3. The zero-order valence-corrected chi connectivity index (χ0v) is 11.3. The van der Waals surface area contributed by atoms with Crippen LogP contribution in [-0.2, 0) is 16.0 Å². The quantitative estimate of drug-likeness (QED) is 0.784. The number of carbonyl (C=O) groups is 2. The van der Waals surface area contributed by atoms with E-state index >= 15 is 0 Å². The van der Waals surface area contributed by atoms with Crippen LogP contribution in [0.5, 0.6) is 0 Å². The van der Waals surface area contributed by atoms with Crippen LogP contribution in [0.1, 0.15) is 32.3 Å². The van der Waals surface area contributed by atoms with Crippen LogP contribution in [-0.4, -0.2) is 28.0 Å². The Labute approximate surface area is 113 Å². The molecule has 0 spiro atoms. The van der Waals surface area contributed by atoms with Gasteiger partial charge in [0.2, 0.25) is 5.91 Å². The van der Waals surface area contributed by atoms with Gasteiger partial charge in [-0.1, -0.05) is 19.9 Å². The highest BCUT2D eigenvalue weighted by Gasteiger charge is 2.20. The molecule has 0 aromatic carbocycles. The number of pyridine rings is 1. The van der Waals surface area contributed by atoms with E-state index in [0.29, 0.717) is 12.8 Å². The third kappa shape index (κ3) is 5.99. The van der Waals surface area contributed by atoms with Crippen molar-refractivity contribution in [3.8, 4) is 0 Å². The van der Waals surface area contributed by atoms with Crippen molar-refractivity contribution in [2.24, 2.45) is 5.92 Å². The molecule has 1 aromatic heterocycles. The van der Waals surface area contributed by atoms with Gasteiger partial charge < -0.3 is 10.4 Å². The number of carboxylic acid groups (broad SMARTS) is 1. The Morgan fingerprint density at radius 3 is 2.68 bits per heavy atom. The fraction of sp³-hybridized carbons (Fsp3) is 0.500. The van der Waals surface area contributed by atoms with Crippen molar-refractivity contribution in [3.05, 3.63) is 30.1 Å². The molecular formula is C14H20N2O3. The summed E-state index contributed by atoms with van der Waals surface area (Å²) in [5.74, 6) is -1.000. The smallest absolute Gasteiger partial charge is 0.326 e. The average Bonchev–Trinajstić information content (AvgIpc) is 2.36. The standard InChI is InChI=1S/C14H20N2O3/c1-10(2)8-12(14(18)19)16-13(17)6-5-11-4-3-7-15-9-11/h3-4,7,9-10,12H,5-6,8H2,1-2H3,(H,16,17)(H,18,19)/t12-/m1/s1. The van der Waals surface area contributed by atoms with Crippen molar-refractivity contribution in [2.45, 2.75) is 39.2 Å². The molecule has 0 saturated heterocycles. The van der Waals surface area contributed by atoms with Crippen molar-refractivity contribution in [3.63, 3.8) is 0 Å². The van der Waals surface area contributed by atoms with Crippen LogP contribution in [0.25, 0.3) is 0 Å². The number of carbonyl (C=O) groups excluding carboxylic acids is 1. The van der Waals surface area contributed by atoms with Crippen LogP contribution >= 0.6 is 0 Å². The first-order valence-corrected chi connectivity index (χ1v) is 6.40. The molecule has 0 unspecified atom stereocenters. The second kappa shape index (κ2) is 7.51. The number of amides is 1. The summed E-state index contributed by atoms with van der Waals surface area (Å²) in [4.78, 5) is 26.7. The third-order valence-electron chi connectivity index (χ3n) is 2.70. The highest BCUT2D eigenvalue weighted by Crippen LogP contribution is 2.06. The van der Waals surface area contributed by atoms with Gasteiger partial charge in [-0.05, 0) is 30.4 Å². The number of aliphatic carboxylic acids is 1. The van der Waals surface area contributed by atoms with Crippen molar-refractivity contribution in [1.82, 2.24) is 10.3 Å². The summed E-state index contributed by atoms with van der Waals surface area (Å²) in [6.07, 6.45) is 4.65. The Balaban J connectivity index is 2.42. The van der Waals surface area contributed by atoms with Gasteiger partial charge in [0.15, 0.2) is 0 Å². The molecule has 1 atom stereocenters. The van der Waals surface area contributed by atoms with Crippen LogP contribution in [0.3, 0.4) is 0 Å². The Morgan fingerprint density at radius 2 is 2.16 bits per heavy atom. The molecule has 5 heteroatoms. The lowest BCUT2D eigenvalue weighted by atomic mass is 10.0. The van der Waals surface area contributed by atoms with E-state index in [1.165, 1.54) is 0 Å². The van der Waals surface area contributed by atoms with Gasteiger partial charge >= 0.3 is 5.97 Å². The van der Waals surface area contributed by atoms with Crippen molar-refractivity contribution >= 4 is 11.9 Å². The second-order valence-corrected chi connectivity index (χ2v) is 4.95. The molecule has 2 N–H and O–H groups in total. The van der Waals surface area contributed by atoms with Crippen molar-refractivity contribution in [2.75, 3.05) is 0 Å². The number of nitrogens with zero attached hydrogens (tertiary/aromatic N) is 1. The molecule has 1 heterocycles. The molecule has 0 aliphatic carbocycles. The highest BCUT2D eigenvalue weighted by molar-refractivity contribution is 5.83. The lowest BCUT2D eigenvalue weighted by Gasteiger charge is -2.16. The highest BCUT2D eigenvalue weighted by atomic mass is 16.4. The third-order valence-corrected chi connectivity index (χ3v) is 2.70. The van der Waals surface area contributed by atoms with Gasteiger partial charge in [0, 0.05) is 18.8 Å². The molecular weight excluding hydrogens is 244 g/mol. The fourth-order valence-electron chi connectivity index (χ4n) is 1.76. The molecule has 1 aromatic rings. The van der Waals surface area contributed by atoms with Crippen LogP contribution in [0, 0.1) is 5.92 Å². The van der Waals surface area contributed by atoms with Crippen molar-refractivity contribution in [1.29, 1.82) is 0 Å². The Kier molecular flexibility index (Phi) is 5.99. The number of aromatic nitrogens is 1. The molecule has 5 nitrogen and oxygen atoms in total. The second-order valence-electron chi connectivity index (χ2n) is 4.95. The van der Waals surface area contributed by atoms with E-state index in [9.17, 15) is 9.59 Å². The van der Waals surface area contributed by atoms with Crippen LogP contribution in [0.4, 0.5) is 0 Å². The normalized spacial score (nSPS) is 12.2. The summed E-state index contributed by atoms with van der Waals surface area (Å²) in [5.41, 5.74) is 0.966. The monoisotopic (exact) mass is 264 g/mol. The first kappa shape index (κ1) is 15.1. The van der Waals surface area contributed by atoms with E-state index in [2.05, 4.69) is 10.3 Å². The molecule has 0 aliphatic heterocycles. The molecule has 19 heavy (non-hydrogen) atoms. The van der Waals surface area contributed by atoms with Gasteiger partial charge in [-0.3, -0.25) is 9.78 Å². The number of carboxylic acids is 1. The SMILES string of the molecule is CC(C)C[C@@H](NC(=O)CCc1cccnc1)C(=O)O. The van der Waals surface area contributed by atoms with Gasteiger partial charge in [-0.25, -0.2) is 4.79 Å². The van der Waals surface area contributed by atoms with Gasteiger partial charge in [-0.2, -0.15) is 0 Å². The van der Waals surface area contributed by atoms with Gasteiger partial charge in [0.25, 0.3) is 0 Å². The summed E-state index contributed by atoms with van der Waals surface area (Å²) in [5, 5.41) is 11.6. The molecule has 1 rings (SSSR count). The van der Waals surface area contributed by atoms with E-state index in [1.807, 2.05) is 26.0 Å². The first-order chi connectivity index (χ1) is 8.99. The van der Waals surface area contributed by atoms with E-state index in [-0.39, 0.29) is 18.2 Å². The summed E-state index contributed by atoms with van der Waals surface area (Å²) in [6.45, 7) is 3.86. The number of aryl methyl sites for hydroxylation is 1. The van der Waals surface area contributed by atoms with E-state index in [4.69, 9.17) is 5.11 Å². The molecule has 1 amide bonds. The Morgan fingerprint density at radius 1 is 1.42 bits per heavy atom. The van der Waals surface area contributed by atoms with E-state index < -0.39 is 12.0 Å². The first-order valence-electron chi connectivity index (χ1n) is 6.40. The van der Waals surface area contributed by atoms with Gasteiger partial charge in [0.1, 0.15) is 6.04 Å². The lowest BCUT2D eigenvalue weighted by Crippen LogP contribution is -2.41. The van der Waals surface area contributed by atoms with Crippen LogP contribution in [0.15, 0.2) is 24.5 Å². The molecule has 0 radical (unpaired) electrons. The minimum atomic E-state index is -0.983. The van der Waals surface area contributed by atoms with Crippen LogP contribution in [0.2, 0.25) is 0 Å². The minimum absolute atomic E-state index is 0.222. The maximum atomic E-state index is 11.7. The summed E-state index contributed by atoms with van der Waals surface area (Å²) in [6, 6.07) is 2.90. The minimum Gasteiger partial charge on any atom is -0.480 e. The lowest BCUT2D eigenvalue weighted by molar-refractivity contribution is -0.142. The fourth-order valence-corrected chi connectivity index (χ4v) is 1.76. The predicted molar refractivity (Wildman–Crippen MR) is 71.6 cm³/mol. The predicted octanol–water partition coefficient (Wildman–Crippen LogP) is 1.63. The van der Waals surface area contributed by atoms with Gasteiger partial charge in [-0.15, -0.1) is 0 Å². The summed E-state index contributed by atoms with van der Waals surface area (Å²) < 4.78 is 0. The van der Waals surface area contributed by atoms with Crippen LogP contribution < -0.4 is 5.32 Å². The average molecular weight is 264 g/mol. The number of nitrogens with one attached hydrogen (secondary N) is 1. The zero-order chi connectivity index (χ0) is 14.3. The molecule has 0 fully saturated rings. The Hall–Kier alpha value is -1.91. The maximum Gasteiger partial charge on any atom is 0.326 e. The molecule has 104 valence electrons. The molecule has 0 bridgehead atoms. The van der Waals surface area contributed by atoms with Gasteiger partial charge in [0.05, 0.1) is 0 Å². The maximum absolute atomic E-state index is 11.7. The molecule has 0 saturated carbocycles. The Bertz CT molecular complexity index is 418. The number of hydrogen-bond donors (Lipinski definition) is 2. The topological polar surface area (TPSA) is 79.3 Å². The summed E-state index contributed by atoms with van der Waals surface area (Å²) in [7, 11) is 0. The molecule has 0 aliphatic rings. The van der Waals surface area contributed by atoms with Crippen molar-refractivity contribution < 1.29 is 14.7 Å². The number of hydrogen-bond acceptors (Lipinski definition) is 3. The van der Waals surface area contributed by atoms with E-state index in [1.54, 1.807) is 12.4 Å². The number of rotatable bonds is 7.